The number of nitrogens with zero attached hydrogens (tertiary/aromatic N) is 2. The van der Waals surface area contributed by atoms with Crippen molar-refractivity contribution >= 4 is 15.9 Å². The van der Waals surface area contributed by atoms with Gasteiger partial charge in [-0.25, -0.2) is 8.42 Å². The van der Waals surface area contributed by atoms with Crippen molar-refractivity contribution in [1.29, 1.82) is 0 Å². The van der Waals surface area contributed by atoms with Crippen molar-refractivity contribution in [3.05, 3.63) is 29.3 Å². The van der Waals surface area contributed by atoms with E-state index in [9.17, 15) is 8.42 Å². The van der Waals surface area contributed by atoms with Crippen LogP contribution >= 0.6 is 0 Å². The SMILES string of the molecule is Cc1ccc(S(=O)(=O)N2CCC3(CC2)NCCN=C3NC2CCCCCC2)c(C)c1. The van der Waals surface area contributed by atoms with Crippen molar-refractivity contribution in [3.8, 4) is 0 Å². The Labute approximate surface area is 181 Å². The maximum absolute atomic E-state index is 13.3. The Kier molecular flexibility index (Phi) is 6.51. The van der Waals surface area contributed by atoms with Gasteiger partial charge in [0.05, 0.1) is 17.0 Å². The first-order chi connectivity index (χ1) is 14.4. The van der Waals surface area contributed by atoms with Gasteiger partial charge in [-0.1, -0.05) is 43.4 Å². The largest absolute Gasteiger partial charge is 0.370 e. The molecular formula is C23H36N4O2S. The lowest BCUT2D eigenvalue weighted by Crippen LogP contribution is -2.65. The zero-order valence-corrected chi connectivity index (χ0v) is 19.2. The van der Waals surface area contributed by atoms with Gasteiger partial charge in [0.15, 0.2) is 0 Å². The Morgan fingerprint density at radius 2 is 1.80 bits per heavy atom. The Bertz CT molecular complexity index is 880. The average Bonchev–Trinajstić information content (AvgIpc) is 2.99. The highest BCUT2D eigenvalue weighted by molar-refractivity contribution is 7.89. The van der Waals surface area contributed by atoms with E-state index >= 15 is 0 Å². The second-order valence-electron chi connectivity index (χ2n) is 9.25. The average molecular weight is 433 g/mol. The molecule has 30 heavy (non-hydrogen) atoms. The Morgan fingerprint density at radius 3 is 2.47 bits per heavy atom. The van der Waals surface area contributed by atoms with Gasteiger partial charge in [0, 0.05) is 25.7 Å². The van der Waals surface area contributed by atoms with Crippen LogP contribution in [0.15, 0.2) is 28.1 Å². The van der Waals surface area contributed by atoms with Crippen molar-refractivity contribution < 1.29 is 8.42 Å². The lowest BCUT2D eigenvalue weighted by Gasteiger charge is -2.45. The number of aliphatic imine (C=N–C) groups is 1. The maximum atomic E-state index is 13.3. The van der Waals surface area contributed by atoms with Crippen molar-refractivity contribution in [2.75, 3.05) is 26.2 Å². The lowest BCUT2D eigenvalue weighted by molar-refractivity contribution is 0.239. The van der Waals surface area contributed by atoms with E-state index in [2.05, 4.69) is 10.6 Å². The Hall–Kier alpha value is -1.44. The quantitative estimate of drug-likeness (QED) is 0.720. The molecule has 1 spiro atoms. The highest BCUT2D eigenvalue weighted by Gasteiger charge is 2.43. The number of sulfonamides is 1. The third kappa shape index (κ3) is 4.43. The molecule has 0 atom stereocenters. The summed E-state index contributed by atoms with van der Waals surface area (Å²) < 4.78 is 28.2. The van der Waals surface area contributed by atoms with Crippen LogP contribution in [0.1, 0.15) is 62.5 Å². The number of rotatable bonds is 3. The fourth-order valence-electron chi connectivity index (χ4n) is 5.25. The molecule has 0 unspecified atom stereocenters. The fourth-order valence-corrected chi connectivity index (χ4v) is 6.90. The fraction of sp³-hybridized carbons (Fsp3) is 0.696. The summed E-state index contributed by atoms with van der Waals surface area (Å²) in [6, 6.07) is 6.08. The summed E-state index contributed by atoms with van der Waals surface area (Å²) in [5.74, 6) is 1.07. The smallest absolute Gasteiger partial charge is 0.243 e. The predicted molar refractivity (Wildman–Crippen MR) is 122 cm³/mol. The van der Waals surface area contributed by atoms with Crippen LogP contribution in [-0.2, 0) is 10.0 Å². The van der Waals surface area contributed by atoms with E-state index in [1.165, 1.54) is 38.5 Å². The second-order valence-corrected chi connectivity index (χ2v) is 11.2. The topological polar surface area (TPSA) is 73.8 Å². The van der Waals surface area contributed by atoms with Crippen molar-refractivity contribution in [2.45, 2.75) is 81.7 Å². The van der Waals surface area contributed by atoms with Crippen LogP contribution in [0.2, 0.25) is 0 Å². The minimum Gasteiger partial charge on any atom is -0.370 e. The molecule has 6 nitrogen and oxygen atoms in total. The van der Waals surface area contributed by atoms with Gasteiger partial charge in [0.2, 0.25) is 10.0 Å². The van der Waals surface area contributed by atoms with Gasteiger partial charge in [0.1, 0.15) is 5.84 Å². The molecule has 0 bridgehead atoms. The molecule has 0 aromatic heterocycles. The third-order valence-electron chi connectivity index (χ3n) is 7.02. The first kappa shape index (κ1) is 21.8. The number of benzene rings is 1. The summed E-state index contributed by atoms with van der Waals surface area (Å²) in [6.07, 6.45) is 9.18. The zero-order chi connectivity index (χ0) is 21.2. The van der Waals surface area contributed by atoms with E-state index in [0.29, 0.717) is 24.0 Å². The van der Waals surface area contributed by atoms with Crippen LogP contribution in [0, 0.1) is 13.8 Å². The molecule has 1 saturated carbocycles. The molecule has 1 aliphatic carbocycles. The number of hydrogen-bond donors (Lipinski definition) is 2. The molecule has 3 aliphatic rings. The zero-order valence-electron chi connectivity index (χ0n) is 18.4. The molecule has 1 aromatic carbocycles. The van der Waals surface area contributed by atoms with Crippen molar-refractivity contribution in [1.82, 2.24) is 14.9 Å². The second kappa shape index (κ2) is 8.97. The van der Waals surface area contributed by atoms with Gasteiger partial charge in [-0.15, -0.1) is 0 Å². The molecule has 1 aromatic rings. The Morgan fingerprint density at radius 1 is 1.10 bits per heavy atom. The van der Waals surface area contributed by atoms with Gasteiger partial charge < -0.3 is 10.6 Å². The minimum atomic E-state index is -3.47. The summed E-state index contributed by atoms with van der Waals surface area (Å²) in [5, 5.41) is 7.48. The maximum Gasteiger partial charge on any atom is 0.243 e. The van der Waals surface area contributed by atoms with Gasteiger partial charge in [-0.2, -0.15) is 4.31 Å². The van der Waals surface area contributed by atoms with Crippen LogP contribution in [0.3, 0.4) is 0 Å². The molecule has 4 rings (SSSR count). The van der Waals surface area contributed by atoms with E-state index in [-0.39, 0.29) is 5.54 Å². The molecule has 1 saturated heterocycles. The van der Waals surface area contributed by atoms with E-state index < -0.39 is 10.0 Å². The number of piperidine rings is 1. The Balaban J connectivity index is 1.47. The van der Waals surface area contributed by atoms with Crippen LogP contribution in [-0.4, -0.2) is 56.3 Å². The summed E-state index contributed by atoms with van der Waals surface area (Å²) in [4.78, 5) is 5.31. The molecule has 2 N–H and O–H groups in total. The molecule has 2 fully saturated rings. The monoisotopic (exact) mass is 432 g/mol. The first-order valence-corrected chi connectivity index (χ1v) is 13.0. The van der Waals surface area contributed by atoms with E-state index in [4.69, 9.17) is 4.99 Å². The van der Waals surface area contributed by atoms with Crippen molar-refractivity contribution in [3.63, 3.8) is 0 Å². The normalized spacial score (nSPS) is 23.7. The molecular weight excluding hydrogens is 396 g/mol. The van der Waals surface area contributed by atoms with Crippen LogP contribution in [0.4, 0.5) is 0 Å². The highest BCUT2D eigenvalue weighted by Crippen LogP contribution is 2.30. The minimum absolute atomic E-state index is 0.209. The number of amidine groups is 1. The molecule has 2 heterocycles. The van der Waals surface area contributed by atoms with E-state index in [1.807, 2.05) is 26.0 Å². The summed E-state index contributed by atoms with van der Waals surface area (Å²) in [5.41, 5.74) is 1.70. The lowest BCUT2D eigenvalue weighted by atomic mass is 9.85. The molecule has 2 aliphatic heterocycles. The molecule has 7 heteroatoms. The van der Waals surface area contributed by atoms with Crippen LogP contribution in [0.25, 0.3) is 0 Å². The van der Waals surface area contributed by atoms with Crippen molar-refractivity contribution in [2.24, 2.45) is 4.99 Å². The molecule has 0 radical (unpaired) electrons. The van der Waals surface area contributed by atoms with Crippen LogP contribution < -0.4 is 10.6 Å². The highest BCUT2D eigenvalue weighted by atomic mass is 32.2. The predicted octanol–water partition coefficient (Wildman–Crippen LogP) is 3.14. The van der Waals surface area contributed by atoms with E-state index in [1.54, 1.807) is 10.4 Å². The summed E-state index contributed by atoms with van der Waals surface area (Å²) in [7, 11) is -3.47. The van der Waals surface area contributed by atoms with Gasteiger partial charge in [-0.05, 0) is 51.2 Å². The molecule has 166 valence electrons. The first-order valence-electron chi connectivity index (χ1n) is 11.5. The summed E-state index contributed by atoms with van der Waals surface area (Å²) >= 11 is 0. The van der Waals surface area contributed by atoms with Gasteiger partial charge in [0.25, 0.3) is 0 Å². The van der Waals surface area contributed by atoms with Crippen LogP contribution in [0.5, 0.6) is 0 Å². The van der Waals surface area contributed by atoms with Gasteiger partial charge >= 0.3 is 0 Å². The number of nitrogens with one attached hydrogen (secondary N) is 2. The number of hydrogen-bond acceptors (Lipinski definition) is 5. The summed E-state index contributed by atoms with van der Waals surface area (Å²) in [6.45, 7) is 6.57. The standard InChI is InChI=1S/C23H36N4O2S/c1-18-9-10-21(19(2)17-18)30(28,29)27-15-11-23(12-16-27)22(24-13-14-25-23)26-20-7-5-3-4-6-8-20/h9-10,17,20,25H,3-8,11-16H2,1-2H3,(H,24,26). The number of aryl methyl sites for hydroxylation is 2. The van der Waals surface area contributed by atoms with E-state index in [0.717, 1.165) is 42.9 Å². The van der Waals surface area contributed by atoms with Gasteiger partial charge in [-0.3, -0.25) is 4.99 Å². The molecule has 0 amide bonds. The third-order valence-corrected chi connectivity index (χ3v) is 9.08.